The molecule has 1 amide bonds. The summed E-state index contributed by atoms with van der Waals surface area (Å²) in [6.07, 6.45) is 4.43. The fourth-order valence-corrected chi connectivity index (χ4v) is 5.68. The Bertz CT molecular complexity index is 1100. The van der Waals surface area contributed by atoms with Gasteiger partial charge in [-0.15, -0.1) is 0 Å². The molecule has 0 aromatic heterocycles. The molecule has 3 rings (SSSR count). The van der Waals surface area contributed by atoms with Crippen LogP contribution in [0, 0.1) is 12.8 Å². The van der Waals surface area contributed by atoms with Crippen LogP contribution >= 0.6 is 0 Å². The van der Waals surface area contributed by atoms with Crippen LogP contribution in [0.2, 0.25) is 0 Å². The quantitative estimate of drug-likeness (QED) is 0.215. The fraction of sp³-hybridized carbons (Fsp3) is 0.576. The molecule has 0 saturated heterocycles. The number of ether oxygens (including phenoxy) is 2. The zero-order valence-corrected chi connectivity index (χ0v) is 24.7. The van der Waals surface area contributed by atoms with Crippen LogP contribution in [0.1, 0.15) is 95.2 Å². The van der Waals surface area contributed by atoms with Gasteiger partial charge in [0.2, 0.25) is 5.91 Å². The number of carboxylic acid groups (broad SMARTS) is 1. The van der Waals surface area contributed by atoms with Crippen LogP contribution in [0.4, 0.5) is 4.39 Å². The minimum atomic E-state index is -1.60. The van der Waals surface area contributed by atoms with Gasteiger partial charge >= 0.3 is 5.97 Å². The summed E-state index contributed by atoms with van der Waals surface area (Å²) in [7, 11) is 0. The first-order chi connectivity index (χ1) is 19.0. The Morgan fingerprint density at radius 2 is 1.60 bits per heavy atom. The third kappa shape index (κ3) is 7.98. The highest BCUT2D eigenvalue weighted by Gasteiger charge is 2.59. The molecule has 1 aliphatic carbocycles. The highest BCUT2D eigenvalue weighted by Crippen LogP contribution is 2.45. The molecular formula is C33H46FNO5. The van der Waals surface area contributed by atoms with Crippen molar-refractivity contribution >= 4 is 11.9 Å². The van der Waals surface area contributed by atoms with Crippen molar-refractivity contribution in [1.82, 2.24) is 5.32 Å². The average Bonchev–Trinajstić information content (AvgIpc) is 2.90. The van der Waals surface area contributed by atoms with E-state index in [1.54, 1.807) is 0 Å². The molecule has 1 fully saturated rings. The second kappa shape index (κ2) is 14.0. The first-order valence-corrected chi connectivity index (χ1v) is 14.7. The predicted octanol–water partition coefficient (Wildman–Crippen LogP) is 7.17. The number of hydrogen-bond acceptors (Lipinski definition) is 4. The number of rotatable bonds is 16. The Labute approximate surface area is 238 Å². The molecule has 2 aromatic carbocycles. The van der Waals surface area contributed by atoms with Gasteiger partial charge in [-0.05, 0) is 75.1 Å². The Balaban J connectivity index is 1.87. The predicted molar refractivity (Wildman–Crippen MR) is 156 cm³/mol. The molecule has 7 heteroatoms. The standard InChI is InChI=1S/C33H46FNO5/c1-6-17-39-28-19-26(20-29(24(28)4)40-18-7-2)23(3)27(16-12-11-15-25-13-9-8-10-14-25)30(36)35-33(31(37)38)21-32(5,34)22-33/h8-10,13-14,19-20,23,27H,6-7,11-12,15-18,21-22H2,1-5H3,(H,35,36)(H,37,38). The van der Waals surface area contributed by atoms with Crippen LogP contribution in [-0.2, 0) is 16.0 Å². The van der Waals surface area contributed by atoms with E-state index in [0.717, 1.165) is 54.7 Å². The number of halogens is 1. The van der Waals surface area contributed by atoms with Gasteiger partial charge in [-0.3, -0.25) is 4.79 Å². The van der Waals surface area contributed by atoms with Crippen LogP contribution in [0.25, 0.3) is 0 Å². The zero-order valence-electron chi connectivity index (χ0n) is 24.7. The number of aliphatic carboxylic acids is 1. The summed E-state index contributed by atoms with van der Waals surface area (Å²) < 4.78 is 26.5. The van der Waals surface area contributed by atoms with Crippen molar-refractivity contribution in [2.45, 2.75) is 103 Å². The maximum absolute atomic E-state index is 14.4. The summed E-state index contributed by atoms with van der Waals surface area (Å²) in [6.45, 7) is 10.6. The monoisotopic (exact) mass is 555 g/mol. The lowest BCUT2D eigenvalue weighted by Gasteiger charge is -2.47. The van der Waals surface area contributed by atoms with E-state index in [1.807, 2.05) is 58.0 Å². The van der Waals surface area contributed by atoms with E-state index in [0.29, 0.717) is 19.6 Å². The molecule has 0 aliphatic heterocycles. The van der Waals surface area contributed by atoms with E-state index in [1.165, 1.54) is 12.5 Å². The van der Waals surface area contributed by atoms with Gasteiger partial charge in [0, 0.05) is 24.3 Å². The van der Waals surface area contributed by atoms with Crippen molar-refractivity contribution in [2.75, 3.05) is 13.2 Å². The molecule has 2 N–H and O–H groups in total. The number of carbonyl (C=O) groups is 2. The normalized spacial score (nSPS) is 21.6. The second-order valence-electron chi connectivity index (χ2n) is 11.6. The van der Waals surface area contributed by atoms with E-state index >= 15 is 0 Å². The highest BCUT2D eigenvalue weighted by atomic mass is 19.1. The van der Waals surface area contributed by atoms with Gasteiger partial charge in [-0.1, -0.05) is 57.5 Å². The van der Waals surface area contributed by atoms with Crippen LogP contribution in [0.5, 0.6) is 11.5 Å². The smallest absolute Gasteiger partial charge is 0.329 e. The largest absolute Gasteiger partial charge is 0.493 e. The highest BCUT2D eigenvalue weighted by molar-refractivity contribution is 5.89. The summed E-state index contributed by atoms with van der Waals surface area (Å²) >= 11 is 0. The van der Waals surface area contributed by atoms with Gasteiger partial charge in [0.15, 0.2) is 0 Å². The van der Waals surface area contributed by atoms with Crippen LogP contribution in [0.3, 0.4) is 0 Å². The number of nitrogens with one attached hydrogen (secondary N) is 1. The molecule has 0 bridgehead atoms. The number of benzene rings is 2. The van der Waals surface area contributed by atoms with Gasteiger partial charge in [0.1, 0.15) is 22.7 Å². The number of hydrogen-bond donors (Lipinski definition) is 2. The van der Waals surface area contributed by atoms with E-state index in [9.17, 15) is 19.1 Å². The molecular weight excluding hydrogens is 509 g/mol. The van der Waals surface area contributed by atoms with Crippen molar-refractivity contribution in [1.29, 1.82) is 0 Å². The third-order valence-corrected chi connectivity index (χ3v) is 7.91. The molecule has 2 atom stereocenters. The second-order valence-corrected chi connectivity index (χ2v) is 11.6. The zero-order chi connectivity index (χ0) is 29.3. The fourth-order valence-electron chi connectivity index (χ4n) is 5.68. The molecule has 2 aromatic rings. The minimum absolute atomic E-state index is 0.231. The van der Waals surface area contributed by atoms with Crippen molar-refractivity contribution < 1.29 is 28.6 Å². The first kappa shape index (κ1) is 31.4. The minimum Gasteiger partial charge on any atom is -0.493 e. The van der Waals surface area contributed by atoms with E-state index in [-0.39, 0.29) is 24.7 Å². The number of carboxylic acids is 1. The maximum atomic E-state index is 14.4. The van der Waals surface area contributed by atoms with Crippen molar-refractivity contribution in [3.8, 4) is 11.5 Å². The lowest BCUT2D eigenvalue weighted by Crippen LogP contribution is -2.68. The Morgan fingerprint density at radius 3 is 2.10 bits per heavy atom. The van der Waals surface area contributed by atoms with Crippen molar-refractivity contribution in [2.24, 2.45) is 5.92 Å². The molecule has 1 saturated carbocycles. The number of alkyl halides is 1. The first-order valence-electron chi connectivity index (χ1n) is 14.7. The van der Waals surface area contributed by atoms with Gasteiger partial charge < -0.3 is 19.9 Å². The molecule has 6 nitrogen and oxygen atoms in total. The molecule has 40 heavy (non-hydrogen) atoms. The van der Waals surface area contributed by atoms with E-state index < -0.39 is 23.1 Å². The number of amides is 1. The summed E-state index contributed by atoms with van der Waals surface area (Å²) in [4.78, 5) is 25.9. The van der Waals surface area contributed by atoms with E-state index in [4.69, 9.17) is 9.47 Å². The number of carbonyl (C=O) groups excluding carboxylic acids is 1. The van der Waals surface area contributed by atoms with Gasteiger partial charge in [-0.25, -0.2) is 9.18 Å². The molecule has 0 spiro atoms. The van der Waals surface area contributed by atoms with Gasteiger partial charge in [0.25, 0.3) is 0 Å². The molecule has 1 aliphatic rings. The van der Waals surface area contributed by atoms with E-state index in [2.05, 4.69) is 17.4 Å². The number of unbranched alkanes of at least 4 members (excludes halogenated alkanes) is 1. The lowest BCUT2D eigenvalue weighted by atomic mass is 9.66. The van der Waals surface area contributed by atoms with Crippen LogP contribution in [-0.4, -0.2) is 41.4 Å². The Hall–Kier alpha value is -3.09. The SMILES string of the molecule is CCCOc1cc(C(C)C(CCCCc2ccccc2)C(=O)NC2(C(=O)O)CC(C)(F)C2)cc(OCCC)c1C. The Kier molecular flexibility index (Phi) is 11.0. The summed E-state index contributed by atoms with van der Waals surface area (Å²) in [5.41, 5.74) is -0.105. The summed E-state index contributed by atoms with van der Waals surface area (Å²) in [5.74, 6) is -0.818. The van der Waals surface area contributed by atoms with Gasteiger partial charge in [-0.2, -0.15) is 0 Å². The average molecular weight is 556 g/mol. The van der Waals surface area contributed by atoms with Crippen LogP contribution in [0.15, 0.2) is 42.5 Å². The summed E-state index contributed by atoms with van der Waals surface area (Å²) in [5, 5.41) is 12.7. The molecule has 220 valence electrons. The lowest BCUT2D eigenvalue weighted by molar-refractivity contribution is -0.161. The summed E-state index contributed by atoms with van der Waals surface area (Å²) in [6, 6.07) is 14.2. The molecule has 0 radical (unpaired) electrons. The Morgan fingerprint density at radius 1 is 1.02 bits per heavy atom. The number of aryl methyl sites for hydroxylation is 1. The van der Waals surface area contributed by atoms with Gasteiger partial charge in [0.05, 0.1) is 13.2 Å². The van der Waals surface area contributed by atoms with Crippen molar-refractivity contribution in [3.05, 3.63) is 59.2 Å². The van der Waals surface area contributed by atoms with Crippen LogP contribution < -0.4 is 14.8 Å². The third-order valence-electron chi connectivity index (χ3n) is 7.91. The molecule has 2 unspecified atom stereocenters. The molecule has 0 heterocycles. The topological polar surface area (TPSA) is 84.9 Å². The maximum Gasteiger partial charge on any atom is 0.329 e. The van der Waals surface area contributed by atoms with Crippen molar-refractivity contribution in [3.63, 3.8) is 0 Å².